The van der Waals surface area contributed by atoms with Crippen LogP contribution in [0.25, 0.3) is 0 Å². The zero-order chi connectivity index (χ0) is 34.3. The number of aromatic amines is 1. The Morgan fingerprint density at radius 3 is 1.77 bits per heavy atom. The van der Waals surface area contributed by atoms with E-state index in [9.17, 15) is 4.79 Å². The Morgan fingerprint density at radius 1 is 0.771 bits per heavy atom. The lowest BCUT2D eigenvalue weighted by molar-refractivity contribution is -0.754. The van der Waals surface area contributed by atoms with Gasteiger partial charge in [0.1, 0.15) is 30.1 Å². The second-order valence-corrected chi connectivity index (χ2v) is 11.8. The van der Waals surface area contributed by atoms with Gasteiger partial charge in [0, 0.05) is 22.4 Å². The number of amides is 1. The molecule has 3 rings (SSSR count). The maximum absolute atomic E-state index is 12.7. The first-order valence-electron chi connectivity index (χ1n) is 15.5. The van der Waals surface area contributed by atoms with Crippen molar-refractivity contribution < 1.29 is 37.9 Å². The van der Waals surface area contributed by atoms with Gasteiger partial charge in [0.15, 0.2) is 6.20 Å². The molecule has 1 amide bonds. The maximum atomic E-state index is 12.7. The van der Waals surface area contributed by atoms with Crippen LogP contribution in [0.1, 0.15) is 17.1 Å². The average Bonchev–Trinajstić information content (AvgIpc) is 3.85. The molecule has 0 radical (unpaired) electrons. The molecule has 0 aliphatic carbocycles. The van der Waals surface area contributed by atoms with Crippen molar-refractivity contribution in [3.63, 3.8) is 0 Å². The summed E-state index contributed by atoms with van der Waals surface area (Å²) < 4.78 is 39.7. The molecule has 0 fully saturated rings. The van der Waals surface area contributed by atoms with Crippen LogP contribution < -0.4 is 15.7 Å². The summed E-state index contributed by atoms with van der Waals surface area (Å²) in [6.07, 6.45) is 5.39. The summed E-state index contributed by atoms with van der Waals surface area (Å²) in [4.78, 5) is 12.7. The minimum atomic E-state index is -1.11. The summed E-state index contributed by atoms with van der Waals surface area (Å²) in [7, 11) is 0. The van der Waals surface area contributed by atoms with Crippen LogP contribution in [0.4, 0.5) is 0 Å². The van der Waals surface area contributed by atoms with Crippen molar-refractivity contribution in [1.82, 2.24) is 45.6 Å². The van der Waals surface area contributed by atoms with E-state index in [1.807, 2.05) is 6.20 Å². The van der Waals surface area contributed by atoms with Gasteiger partial charge in [-0.25, -0.2) is 9.36 Å². The lowest BCUT2D eigenvalue weighted by Gasteiger charge is -2.33. The minimum Gasteiger partial charge on any atom is -0.379 e. The Balaban J connectivity index is 1.62. The number of hydrogen-bond acceptors (Lipinski definition) is 16. The number of nitrogens with one attached hydrogen (secondary N) is 2. The molecule has 0 spiro atoms. The zero-order valence-electron chi connectivity index (χ0n) is 27.0. The fraction of sp³-hybridized carbons (Fsp3) is 0.741. The summed E-state index contributed by atoms with van der Waals surface area (Å²) in [5.41, 5.74) is 6.46. The normalized spacial score (nSPS) is 11.8. The molecule has 0 bridgehead atoms. The Hall–Kier alpha value is -2.34. The number of hydrogen-bond donors (Lipinski definition) is 6. The van der Waals surface area contributed by atoms with Crippen LogP contribution in [0, 0.1) is 0 Å². The predicted molar refractivity (Wildman–Crippen MR) is 182 cm³/mol. The molecular formula is C27H48N11O7S3+. The van der Waals surface area contributed by atoms with E-state index in [1.165, 1.54) is 0 Å². The highest BCUT2D eigenvalue weighted by Gasteiger charge is 2.34. The van der Waals surface area contributed by atoms with E-state index in [2.05, 4.69) is 74.1 Å². The third kappa shape index (κ3) is 15.9. The van der Waals surface area contributed by atoms with Crippen LogP contribution in [0.2, 0.25) is 0 Å². The number of H-pyrrole nitrogens is 1. The highest BCUT2D eigenvalue weighted by atomic mass is 32.1. The van der Waals surface area contributed by atoms with Crippen molar-refractivity contribution in [2.24, 2.45) is 5.73 Å². The number of carbonyl (C=O) groups is 1. The number of ether oxygens (including phenoxy) is 6. The molecule has 0 aromatic carbocycles. The summed E-state index contributed by atoms with van der Waals surface area (Å²) in [6, 6.07) is 0. The fourth-order valence-electron chi connectivity index (χ4n) is 4.19. The molecular weight excluding hydrogens is 687 g/mol. The van der Waals surface area contributed by atoms with E-state index in [0.29, 0.717) is 93.6 Å². The van der Waals surface area contributed by atoms with Gasteiger partial charge in [0.2, 0.25) is 11.6 Å². The molecule has 0 saturated carbocycles. The van der Waals surface area contributed by atoms with Gasteiger partial charge in [-0.15, -0.1) is 10.2 Å². The molecule has 3 heterocycles. The topological polar surface area (TPSA) is 204 Å². The summed E-state index contributed by atoms with van der Waals surface area (Å²) in [6.45, 7) is 5.15. The molecule has 0 aliphatic rings. The third-order valence-electron chi connectivity index (χ3n) is 6.39. The van der Waals surface area contributed by atoms with Crippen molar-refractivity contribution in [3.8, 4) is 0 Å². The minimum absolute atomic E-state index is 0.0227. The molecule has 0 atom stereocenters. The fourth-order valence-corrected chi connectivity index (χ4v) is 4.58. The van der Waals surface area contributed by atoms with Crippen LogP contribution in [-0.4, -0.2) is 135 Å². The largest absolute Gasteiger partial charge is 0.379 e. The van der Waals surface area contributed by atoms with E-state index in [0.717, 1.165) is 0 Å². The second-order valence-electron chi connectivity index (χ2n) is 10.5. The lowest BCUT2D eigenvalue weighted by atomic mass is 10.0. The summed E-state index contributed by atoms with van der Waals surface area (Å²) >= 11 is 12.4. The van der Waals surface area contributed by atoms with Gasteiger partial charge in [0.05, 0.1) is 105 Å². The van der Waals surface area contributed by atoms with Crippen LogP contribution >= 0.6 is 37.9 Å². The Kier molecular flexibility index (Phi) is 20.0. The molecule has 21 heteroatoms. The summed E-state index contributed by atoms with van der Waals surface area (Å²) in [5, 5.41) is 26.7. The first-order valence-corrected chi connectivity index (χ1v) is 17.4. The Bertz CT molecular complexity index is 1150. The third-order valence-corrected chi connectivity index (χ3v) is 6.93. The van der Waals surface area contributed by atoms with Crippen LogP contribution in [-0.2, 0) is 72.7 Å². The lowest BCUT2D eigenvalue weighted by Crippen LogP contribution is -2.59. The van der Waals surface area contributed by atoms with E-state index in [1.54, 1.807) is 26.4 Å². The molecule has 0 saturated heterocycles. The molecule has 48 heavy (non-hydrogen) atoms. The van der Waals surface area contributed by atoms with Gasteiger partial charge in [-0.3, -0.25) is 4.79 Å². The number of thiol groups is 3. The molecule has 270 valence electrons. The van der Waals surface area contributed by atoms with Crippen LogP contribution in [0.5, 0.6) is 0 Å². The smallest absolute Gasteiger partial charge is 0.243 e. The van der Waals surface area contributed by atoms with Gasteiger partial charge in [0.25, 0.3) is 0 Å². The SMILES string of the molecule is NCC(=O)NC(COCc1cn(CCOCCS)nn1)(COCc1cn(CCOCCS)nn1)COCc1c[n+](CCOCCS)[nH]n1. The highest BCUT2D eigenvalue weighted by molar-refractivity contribution is 7.80. The van der Waals surface area contributed by atoms with Crippen molar-refractivity contribution in [1.29, 1.82) is 0 Å². The standard InChI is InChI=1S/C27H47N11O7S3/c28-13-26(39)29-27(20-43-17-23-14-36(33-30-23)1-4-40-7-10-46,21-44-18-24-15-37(34-31-24)2-5-41-8-11-47)22-45-19-25-16-38(35-32-25)3-6-42-9-12-48/h14-16H,1-13,17-22,28H2,(H4,29,39,46,47,48)/p+1. The van der Waals surface area contributed by atoms with Gasteiger partial charge >= 0.3 is 0 Å². The summed E-state index contributed by atoms with van der Waals surface area (Å²) in [5.74, 6) is 1.55. The van der Waals surface area contributed by atoms with Gasteiger partial charge < -0.3 is 39.5 Å². The predicted octanol–water partition coefficient (Wildman–Crippen LogP) is -1.52. The first kappa shape index (κ1) is 40.1. The van der Waals surface area contributed by atoms with Gasteiger partial charge in [-0.05, 0) is 0 Å². The van der Waals surface area contributed by atoms with E-state index >= 15 is 0 Å². The number of nitrogens with two attached hydrogens (primary N) is 1. The van der Waals surface area contributed by atoms with Gasteiger partial charge in [-0.2, -0.15) is 42.6 Å². The van der Waals surface area contributed by atoms with Crippen LogP contribution in [0.3, 0.4) is 0 Å². The molecule has 0 unspecified atom stereocenters. The van der Waals surface area contributed by atoms with E-state index < -0.39 is 11.4 Å². The van der Waals surface area contributed by atoms with Crippen LogP contribution in [0.15, 0.2) is 18.6 Å². The molecule has 3 aromatic heterocycles. The van der Waals surface area contributed by atoms with E-state index in [4.69, 9.17) is 34.2 Å². The monoisotopic (exact) mass is 734 g/mol. The highest BCUT2D eigenvalue weighted by Crippen LogP contribution is 2.13. The van der Waals surface area contributed by atoms with Crippen molar-refractivity contribution in [2.75, 3.05) is 83.3 Å². The quantitative estimate of drug-likeness (QED) is 0.0273. The second kappa shape index (κ2) is 23.9. The van der Waals surface area contributed by atoms with Gasteiger partial charge in [-0.1, -0.05) is 15.6 Å². The molecule has 3 aromatic rings. The Morgan fingerprint density at radius 2 is 1.27 bits per heavy atom. The number of rotatable bonds is 29. The van der Waals surface area contributed by atoms with Crippen molar-refractivity contribution >= 4 is 43.8 Å². The van der Waals surface area contributed by atoms with E-state index in [-0.39, 0.29) is 46.2 Å². The Labute approximate surface area is 296 Å². The molecule has 0 aliphatic heterocycles. The molecule has 4 N–H and O–H groups in total. The zero-order valence-corrected chi connectivity index (χ0v) is 29.7. The number of nitrogens with zero attached hydrogens (tertiary/aromatic N) is 8. The number of carbonyl (C=O) groups excluding carboxylic acids is 1. The number of aromatic nitrogens is 9. The van der Waals surface area contributed by atoms with Crippen molar-refractivity contribution in [2.45, 2.75) is 45.0 Å². The molecule has 18 nitrogen and oxygen atoms in total. The maximum Gasteiger partial charge on any atom is 0.243 e. The average molecular weight is 735 g/mol. The van der Waals surface area contributed by atoms with Crippen molar-refractivity contribution in [3.05, 3.63) is 35.7 Å². The first-order chi connectivity index (χ1) is 23.5.